The molecule has 4 nitrogen and oxygen atoms in total. The van der Waals surface area contributed by atoms with E-state index >= 15 is 0 Å². The highest BCUT2D eigenvalue weighted by Crippen LogP contribution is 2.45. The van der Waals surface area contributed by atoms with Crippen molar-refractivity contribution in [2.45, 2.75) is 13.8 Å². The molecule has 1 aromatic carbocycles. The minimum atomic E-state index is -3.07. The van der Waals surface area contributed by atoms with Crippen molar-refractivity contribution in [2.75, 3.05) is 13.0 Å². The summed E-state index contributed by atoms with van der Waals surface area (Å²) < 4.78 is 22.5. The van der Waals surface area contributed by atoms with Crippen LogP contribution < -0.4 is 5.30 Å². The average molecular weight is 242 g/mol. The van der Waals surface area contributed by atoms with E-state index in [0.717, 1.165) is 0 Å². The zero-order valence-electron chi connectivity index (χ0n) is 9.38. The summed E-state index contributed by atoms with van der Waals surface area (Å²) in [5.74, 6) is -0.462. The predicted molar refractivity (Wildman–Crippen MR) is 61.9 cm³/mol. The fourth-order valence-electron chi connectivity index (χ4n) is 1.23. The largest absolute Gasteiger partial charge is 0.455 e. The standard InChI is InChI=1S/C11H15O4P/c1-3-15-16(13,9-14-10(2)12)11-7-5-4-6-8-11/h4-8H,3,9H2,1-2H3. The Kier molecular flexibility index (Phi) is 4.71. The summed E-state index contributed by atoms with van der Waals surface area (Å²) in [6, 6.07) is 8.79. The molecule has 0 fully saturated rings. The van der Waals surface area contributed by atoms with Gasteiger partial charge in [0.25, 0.3) is 7.37 Å². The van der Waals surface area contributed by atoms with Gasteiger partial charge in [-0.1, -0.05) is 18.2 Å². The van der Waals surface area contributed by atoms with Crippen molar-refractivity contribution in [2.24, 2.45) is 0 Å². The number of carbonyl (C=O) groups is 1. The van der Waals surface area contributed by atoms with Gasteiger partial charge in [-0.2, -0.15) is 0 Å². The summed E-state index contributed by atoms with van der Waals surface area (Å²) in [5.41, 5.74) is 0. The Hall–Kier alpha value is -1.12. The Morgan fingerprint density at radius 3 is 2.44 bits per heavy atom. The lowest BCUT2D eigenvalue weighted by molar-refractivity contribution is -0.139. The molecule has 0 aliphatic heterocycles. The van der Waals surface area contributed by atoms with Crippen LogP contribution in [-0.4, -0.2) is 18.9 Å². The van der Waals surface area contributed by atoms with Crippen molar-refractivity contribution in [3.05, 3.63) is 30.3 Å². The van der Waals surface area contributed by atoms with E-state index in [1.54, 1.807) is 31.2 Å². The number of carbonyl (C=O) groups excluding carboxylic acids is 1. The molecule has 0 aliphatic carbocycles. The van der Waals surface area contributed by atoms with Gasteiger partial charge in [0.2, 0.25) is 0 Å². The molecule has 5 heteroatoms. The summed E-state index contributed by atoms with van der Waals surface area (Å²) in [5, 5.41) is 0.568. The van der Waals surface area contributed by atoms with Gasteiger partial charge in [-0.3, -0.25) is 9.36 Å². The van der Waals surface area contributed by atoms with Crippen LogP contribution in [0.2, 0.25) is 0 Å². The first-order valence-electron chi connectivity index (χ1n) is 5.01. The van der Waals surface area contributed by atoms with Crippen molar-refractivity contribution in [1.29, 1.82) is 0 Å². The van der Waals surface area contributed by atoms with Gasteiger partial charge >= 0.3 is 5.97 Å². The second kappa shape index (κ2) is 5.83. The Morgan fingerprint density at radius 1 is 1.31 bits per heavy atom. The van der Waals surface area contributed by atoms with Crippen molar-refractivity contribution < 1.29 is 18.6 Å². The van der Waals surface area contributed by atoms with Gasteiger partial charge in [0.1, 0.15) is 0 Å². The van der Waals surface area contributed by atoms with E-state index in [-0.39, 0.29) is 6.35 Å². The Balaban J connectivity index is 2.88. The van der Waals surface area contributed by atoms with E-state index in [4.69, 9.17) is 9.26 Å². The minimum Gasteiger partial charge on any atom is -0.455 e. The van der Waals surface area contributed by atoms with Crippen LogP contribution in [0.4, 0.5) is 0 Å². The molecular weight excluding hydrogens is 227 g/mol. The van der Waals surface area contributed by atoms with Gasteiger partial charge in [0.05, 0.1) is 6.61 Å². The molecule has 0 N–H and O–H groups in total. The molecule has 0 saturated carbocycles. The van der Waals surface area contributed by atoms with E-state index in [2.05, 4.69) is 0 Å². The van der Waals surface area contributed by atoms with E-state index in [0.29, 0.717) is 11.9 Å². The van der Waals surface area contributed by atoms with E-state index in [9.17, 15) is 9.36 Å². The first kappa shape index (κ1) is 12.9. The number of benzene rings is 1. The van der Waals surface area contributed by atoms with Gasteiger partial charge in [-0.25, -0.2) is 0 Å². The maximum atomic E-state index is 12.4. The minimum absolute atomic E-state index is 0.208. The van der Waals surface area contributed by atoms with Gasteiger partial charge in [0.15, 0.2) is 6.35 Å². The molecule has 0 bridgehead atoms. The molecule has 1 unspecified atom stereocenters. The zero-order valence-corrected chi connectivity index (χ0v) is 10.3. The highest BCUT2D eigenvalue weighted by molar-refractivity contribution is 7.66. The molecule has 0 heterocycles. The maximum absolute atomic E-state index is 12.4. The van der Waals surface area contributed by atoms with E-state index in [1.165, 1.54) is 6.92 Å². The third kappa shape index (κ3) is 3.47. The summed E-state index contributed by atoms with van der Waals surface area (Å²) in [4.78, 5) is 10.7. The molecule has 88 valence electrons. The highest BCUT2D eigenvalue weighted by atomic mass is 31.2. The van der Waals surface area contributed by atoms with Crippen LogP contribution in [0.5, 0.6) is 0 Å². The Bertz CT molecular complexity index is 388. The molecule has 0 radical (unpaired) electrons. The lowest BCUT2D eigenvalue weighted by atomic mass is 10.4. The van der Waals surface area contributed by atoms with Crippen molar-refractivity contribution in [3.8, 4) is 0 Å². The molecule has 1 aromatic rings. The van der Waals surface area contributed by atoms with Crippen molar-refractivity contribution in [1.82, 2.24) is 0 Å². The molecule has 16 heavy (non-hydrogen) atoms. The summed E-state index contributed by atoms with van der Waals surface area (Å²) in [6.45, 7) is 3.35. The Morgan fingerprint density at radius 2 is 1.94 bits per heavy atom. The first-order valence-corrected chi connectivity index (χ1v) is 6.82. The van der Waals surface area contributed by atoms with Crippen LogP contribution in [0, 0.1) is 0 Å². The quantitative estimate of drug-likeness (QED) is 0.586. The number of hydrogen-bond donors (Lipinski definition) is 0. The SMILES string of the molecule is CCOP(=O)(COC(C)=O)c1ccccc1. The van der Waals surface area contributed by atoms with Gasteiger partial charge < -0.3 is 9.26 Å². The normalized spacial score (nSPS) is 14.1. The van der Waals surface area contributed by atoms with E-state index < -0.39 is 13.3 Å². The molecular formula is C11H15O4P. The molecule has 0 spiro atoms. The number of esters is 1. The number of ether oxygens (including phenoxy) is 1. The van der Waals surface area contributed by atoms with Crippen LogP contribution >= 0.6 is 7.37 Å². The highest BCUT2D eigenvalue weighted by Gasteiger charge is 2.26. The molecule has 1 atom stereocenters. The average Bonchev–Trinajstić information content (AvgIpc) is 2.28. The number of rotatable bonds is 5. The third-order valence-electron chi connectivity index (χ3n) is 1.92. The van der Waals surface area contributed by atoms with Crippen molar-refractivity contribution >= 4 is 18.6 Å². The van der Waals surface area contributed by atoms with Gasteiger partial charge in [0, 0.05) is 12.2 Å². The van der Waals surface area contributed by atoms with Gasteiger partial charge in [-0.15, -0.1) is 0 Å². The fraction of sp³-hybridized carbons (Fsp3) is 0.364. The van der Waals surface area contributed by atoms with Gasteiger partial charge in [-0.05, 0) is 19.1 Å². The van der Waals surface area contributed by atoms with Crippen LogP contribution in [0.15, 0.2) is 30.3 Å². The monoisotopic (exact) mass is 242 g/mol. The molecule has 0 aromatic heterocycles. The fourth-order valence-corrected chi connectivity index (χ4v) is 2.99. The van der Waals surface area contributed by atoms with Crippen molar-refractivity contribution in [3.63, 3.8) is 0 Å². The zero-order chi connectivity index (χ0) is 12.0. The molecule has 0 saturated heterocycles. The first-order chi connectivity index (χ1) is 7.58. The van der Waals surface area contributed by atoms with Crippen LogP contribution in [0.1, 0.15) is 13.8 Å². The third-order valence-corrected chi connectivity index (χ3v) is 4.15. The Labute approximate surface area is 95.0 Å². The summed E-state index contributed by atoms with van der Waals surface area (Å²) >= 11 is 0. The molecule has 0 aliphatic rings. The summed E-state index contributed by atoms with van der Waals surface area (Å²) in [7, 11) is -3.07. The summed E-state index contributed by atoms with van der Waals surface area (Å²) in [6.07, 6.45) is -0.208. The second-order valence-corrected chi connectivity index (χ2v) is 5.57. The predicted octanol–water partition coefficient (Wildman–Crippen LogP) is 2.15. The van der Waals surface area contributed by atoms with E-state index in [1.807, 2.05) is 6.07 Å². The smallest absolute Gasteiger partial charge is 0.303 e. The van der Waals surface area contributed by atoms with Crippen LogP contribution in [-0.2, 0) is 18.6 Å². The molecule has 0 amide bonds. The topological polar surface area (TPSA) is 52.6 Å². The van der Waals surface area contributed by atoms with Crippen LogP contribution in [0.25, 0.3) is 0 Å². The maximum Gasteiger partial charge on any atom is 0.303 e. The molecule has 1 rings (SSSR count). The lowest BCUT2D eigenvalue weighted by Gasteiger charge is -2.17. The van der Waals surface area contributed by atoms with Crippen LogP contribution in [0.3, 0.4) is 0 Å². The number of hydrogen-bond acceptors (Lipinski definition) is 4. The second-order valence-electron chi connectivity index (χ2n) is 3.19. The lowest BCUT2D eigenvalue weighted by Crippen LogP contribution is -2.13.